The van der Waals surface area contributed by atoms with Crippen LogP contribution in [0, 0.1) is 0 Å². The minimum absolute atomic E-state index is 0.191. The number of ether oxygens (including phenoxy) is 1. The maximum atomic E-state index is 11.1. The van der Waals surface area contributed by atoms with Crippen LogP contribution >= 0.6 is 0 Å². The summed E-state index contributed by atoms with van der Waals surface area (Å²) in [7, 11) is 1.31. The third-order valence-electron chi connectivity index (χ3n) is 2.08. The minimum Gasteiger partial charge on any atom is -0.452 e. The second-order valence-corrected chi connectivity index (χ2v) is 2.96. The van der Waals surface area contributed by atoms with Gasteiger partial charge in [0.1, 0.15) is 0 Å². The molecule has 4 nitrogen and oxygen atoms in total. The summed E-state index contributed by atoms with van der Waals surface area (Å²) in [5, 5.41) is 1.06. The third kappa shape index (κ3) is 2.23. The number of hydrogen-bond donors (Lipinski definition) is 1. The summed E-state index contributed by atoms with van der Waals surface area (Å²) in [6.45, 7) is 1.84. The zero-order valence-corrected chi connectivity index (χ0v) is 8.31. The molecule has 0 saturated heterocycles. The molecule has 0 bridgehead atoms. The Kier molecular flexibility index (Phi) is 3.48. The molecule has 0 radical (unpaired) electrons. The Balaban J connectivity index is 2.75. The van der Waals surface area contributed by atoms with E-state index in [-0.39, 0.29) is 6.04 Å². The lowest BCUT2D eigenvalue weighted by Gasteiger charge is -2.22. The van der Waals surface area contributed by atoms with Crippen molar-refractivity contribution in [3.8, 4) is 0 Å². The van der Waals surface area contributed by atoms with Gasteiger partial charge < -0.3 is 4.74 Å². The lowest BCUT2D eigenvalue weighted by Crippen LogP contribution is -2.39. The maximum Gasteiger partial charge on any atom is 0.424 e. The molecule has 0 spiro atoms. The molecule has 1 aromatic rings. The lowest BCUT2D eigenvalue weighted by molar-refractivity contribution is 0.108. The highest BCUT2D eigenvalue weighted by atomic mass is 16.5. The van der Waals surface area contributed by atoms with Gasteiger partial charge in [-0.2, -0.15) is 0 Å². The molecule has 0 aliphatic carbocycles. The molecular formula is C10H14N2O2. The van der Waals surface area contributed by atoms with Crippen LogP contribution < -0.4 is 5.84 Å². The summed E-state index contributed by atoms with van der Waals surface area (Å²) in [5.41, 5.74) is 0.973. The molecule has 0 saturated carbocycles. The first-order chi connectivity index (χ1) is 6.66. The lowest BCUT2D eigenvalue weighted by atomic mass is 10.1. The summed E-state index contributed by atoms with van der Waals surface area (Å²) in [6.07, 6.45) is -0.540. The second-order valence-electron chi connectivity index (χ2n) is 2.96. The van der Waals surface area contributed by atoms with E-state index in [4.69, 9.17) is 5.84 Å². The van der Waals surface area contributed by atoms with Crippen molar-refractivity contribution in [3.05, 3.63) is 35.9 Å². The number of hydrazine groups is 1. The average Bonchev–Trinajstić information content (AvgIpc) is 2.27. The minimum atomic E-state index is -0.540. The maximum absolute atomic E-state index is 11.1. The number of carbonyl (C=O) groups is 1. The van der Waals surface area contributed by atoms with Crippen molar-refractivity contribution in [1.82, 2.24) is 5.01 Å². The van der Waals surface area contributed by atoms with Gasteiger partial charge in [0.15, 0.2) is 0 Å². The Morgan fingerprint density at radius 2 is 2.00 bits per heavy atom. The first kappa shape index (κ1) is 10.5. The number of amides is 1. The van der Waals surface area contributed by atoms with Gasteiger partial charge in [-0.15, -0.1) is 0 Å². The predicted molar refractivity (Wildman–Crippen MR) is 53.3 cm³/mol. The molecule has 1 atom stereocenters. The molecule has 1 rings (SSSR count). The quantitative estimate of drug-likeness (QED) is 0.443. The van der Waals surface area contributed by atoms with Crippen LogP contribution in [0.15, 0.2) is 30.3 Å². The summed E-state index contributed by atoms with van der Waals surface area (Å²) in [5.74, 6) is 5.56. The van der Waals surface area contributed by atoms with Crippen LogP contribution in [0.5, 0.6) is 0 Å². The fourth-order valence-electron chi connectivity index (χ4n) is 1.16. The predicted octanol–water partition coefficient (Wildman–Crippen LogP) is 1.69. The Morgan fingerprint density at radius 1 is 1.43 bits per heavy atom. The highest BCUT2D eigenvalue weighted by molar-refractivity contribution is 5.67. The van der Waals surface area contributed by atoms with E-state index in [1.165, 1.54) is 7.11 Å². The van der Waals surface area contributed by atoms with Crippen LogP contribution in [0.25, 0.3) is 0 Å². The normalized spacial score (nSPS) is 11.9. The highest BCUT2D eigenvalue weighted by Gasteiger charge is 2.17. The van der Waals surface area contributed by atoms with Crippen molar-refractivity contribution < 1.29 is 9.53 Å². The van der Waals surface area contributed by atoms with Crippen molar-refractivity contribution in [2.45, 2.75) is 13.0 Å². The Labute approximate surface area is 83.2 Å². The highest BCUT2D eigenvalue weighted by Crippen LogP contribution is 2.16. The number of carbonyl (C=O) groups excluding carboxylic acids is 1. The summed E-state index contributed by atoms with van der Waals surface area (Å²) in [4.78, 5) is 11.1. The third-order valence-corrected chi connectivity index (χ3v) is 2.08. The molecule has 0 heterocycles. The van der Waals surface area contributed by atoms with Crippen molar-refractivity contribution >= 4 is 6.09 Å². The first-order valence-corrected chi connectivity index (χ1v) is 4.33. The molecule has 2 N–H and O–H groups in total. The number of methoxy groups -OCH3 is 1. The molecule has 1 aromatic carbocycles. The van der Waals surface area contributed by atoms with Crippen LogP contribution in [0.1, 0.15) is 18.5 Å². The van der Waals surface area contributed by atoms with Gasteiger partial charge in [0, 0.05) is 0 Å². The van der Waals surface area contributed by atoms with Gasteiger partial charge >= 0.3 is 6.09 Å². The van der Waals surface area contributed by atoms with E-state index >= 15 is 0 Å². The van der Waals surface area contributed by atoms with E-state index in [1.807, 2.05) is 37.3 Å². The van der Waals surface area contributed by atoms with E-state index in [9.17, 15) is 4.79 Å². The van der Waals surface area contributed by atoms with Crippen molar-refractivity contribution in [2.24, 2.45) is 5.84 Å². The molecule has 0 aliphatic heterocycles. The number of hydrogen-bond acceptors (Lipinski definition) is 3. The molecule has 0 fully saturated rings. The number of rotatable bonds is 2. The SMILES string of the molecule is COC(=O)N(N)[C@H](C)c1ccccc1. The molecule has 0 aromatic heterocycles. The van der Waals surface area contributed by atoms with E-state index in [2.05, 4.69) is 4.74 Å². The molecule has 4 heteroatoms. The largest absolute Gasteiger partial charge is 0.452 e. The van der Waals surface area contributed by atoms with Gasteiger partial charge in [0.05, 0.1) is 13.2 Å². The summed E-state index contributed by atoms with van der Waals surface area (Å²) < 4.78 is 4.52. The van der Waals surface area contributed by atoms with Gasteiger partial charge in [0.25, 0.3) is 0 Å². The van der Waals surface area contributed by atoms with Gasteiger partial charge in [-0.1, -0.05) is 30.3 Å². The zero-order valence-electron chi connectivity index (χ0n) is 8.31. The van der Waals surface area contributed by atoms with E-state index < -0.39 is 6.09 Å². The first-order valence-electron chi connectivity index (χ1n) is 4.33. The van der Waals surface area contributed by atoms with Crippen molar-refractivity contribution in [3.63, 3.8) is 0 Å². The summed E-state index contributed by atoms with van der Waals surface area (Å²) >= 11 is 0. The van der Waals surface area contributed by atoms with E-state index in [0.29, 0.717) is 0 Å². The Hall–Kier alpha value is -1.55. The van der Waals surface area contributed by atoms with E-state index in [1.54, 1.807) is 0 Å². The number of nitrogens with zero attached hydrogens (tertiary/aromatic N) is 1. The molecule has 0 unspecified atom stereocenters. The van der Waals surface area contributed by atoms with Gasteiger partial charge in [-0.25, -0.2) is 15.6 Å². The second kappa shape index (κ2) is 4.62. The van der Waals surface area contributed by atoms with Crippen LogP contribution in [-0.4, -0.2) is 18.2 Å². The Morgan fingerprint density at radius 3 is 2.50 bits per heavy atom. The molecule has 76 valence electrons. The van der Waals surface area contributed by atoms with Crippen LogP contribution in [0.3, 0.4) is 0 Å². The molecular weight excluding hydrogens is 180 g/mol. The van der Waals surface area contributed by atoms with Crippen LogP contribution in [-0.2, 0) is 4.74 Å². The average molecular weight is 194 g/mol. The Bertz CT molecular complexity index is 300. The smallest absolute Gasteiger partial charge is 0.424 e. The zero-order chi connectivity index (χ0) is 10.6. The van der Waals surface area contributed by atoms with Crippen molar-refractivity contribution in [1.29, 1.82) is 0 Å². The number of nitrogens with two attached hydrogens (primary N) is 1. The number of benzene rings is 1. The monoisotopic (exact) mass is 194 g/mol. The van der Waals surface area contributed by atoms with E-state index in [0.717, 1.165) is 10.6 Å². The molecule has 1 amide bonds. The van der Waals surface area contributed by atoms with Gasteiger partial charge in [0.2, 0.25) is 0 Å². The van der Waals surface area contributed by atoms with Crippen LogP contribution in [0.2, 0.25) is 0 Å². The fourth-order valence-corrected chi connectivity index (χ4v) is 1.16. The van der Waals surface area contributed by atoms with Gasteiger partial charge in [-0.05, 0) is 12.5 Å². The van der Waals surface area contributed by atoms with Crippen molar-refractivity contribution in [2.75, 3.05) is 7.11 Å². The van der Waals surface area contributed by atoms with Crippen LogP contribution in [0.4, 0.5) is 4.79 Å². The van der Waals surface area contributed by atoms with Gasteiger partial charge in [-0.3, -0.25) is 0 Å². The molecule has 14 heavy (non-hydrogen) atoms. The topological polar surface area (TPSA) is 55.6 Å². The molecule has 0 aliphatic rings. The summed E-state index contributed by atoms with van der Waals surface area (Å²) in [6, 6.07) is 9.34. The standard InChI is InChI=1S/C10H14N2O2/c1-8(12(11)10(13)14-2)9-6-4-3-5-7-9/h3-8H,11H2,1-2H3/t8-/m1/s1. The fraction of sp³-hybridized carbons (Fsp3) is 0.300.